The number of pyridine rings is 1. The minimum atomic E-state index is 0.633. The molecule has 0 saturated carbocycles. The molecular formula is C54H34N4. The molecular weight excluding hydrogens is 705 g/mol. The second kappa shape index (κ2) is 12.9. The smallest absolute Gasteiger partial charge is 0.235 e. The molecule has 0 atom stereocenters. The average molecular weight is 739 g/mol. The fourth-order valence-electron chi connectivity index (χ4n) is 8.94. The van der Waals surface area contributed by atoms with Crippen LogP contribution < -0.4 is 0 Å². The maximum Gasteiger partial charge on any atom is 0.235 e. The Morgan fingerprint density at radius 2 is 0.724 bits per heavy atom. The quantitative estimate of drug-likeness (QED) is 0.165. The number of fused-ring (bicyclic) bond motifs is 11. The average Bonchev–Trinajstić information content (AvgIpc) is 3.84. The summed E-state index contributed by atoms with van der Waals surface area (Å²) in [7, 11) is 0. The molecule has 0 aliphatic heterocycles. The second-order valence-electron chi connectivity index (χ2n) is 15.0. The van der Waals surface area contributed by atoms with Gasteiger partial charge in [-0.2, -0.15) is 0 Å². The van der Waals surface area contributed by atoms with E-state index in [1.54, 1.807) is 0 Å². The largest absolute Gasteiger partial charge is 0.309 e. The summed E-state index contributed by atoms with van der Waals surface area (Å²) in [5.41, 5.74) is 14.2. The van der Waals surface area contributed by atoms with Gasteiger partial charge in [0.2, 0.25) is 5.95 Å². The molecule has 0 bridgehead atoms. The molecule has 12 aromatic rings. The highest BCUT2D eigenvalue weighted by molar-refractivity contribution is 6.18. The maximum absolute atomic E-state index is 5.41. The molecule has 0 unspecified atom stereocenters. The number of hydrogen-bond donors (Lipinski definition) is 0. The zero-order valence-electron chi connectivity index (χ0n) is 31.4. The lowest BCUT2D eigenvalue weighted by Gasteiger charge is -2.13. The lowest BCUT2D eigenvalue weighted by atomic mass is 10.0. The van der Waals surface area contributed by atoms with Crippen LogP contribution in [-0.2, 0) is 0 Å². The van der Waals surface area contributed by atoms with Crippen molar-refractivity contribution >= 4 is 59.9 Å². The molecule has 0 saturated heterocycles. The van der Waals surface area contributed by atoms with Crippen molar-refractivity contribution in [2.45, 2.75) is 0 Å². The summed E-state index contributed by atoms with van der Waals surface area (Å²) < 4.78 is 4.69. The topological polar surface area (TPSA) is 35.1 Å². The summed E-state index contributed by atoms with van der Waals surface area (Å²) in [5.74, 6) is 0.633. The molecule has 0 amide bonds. The third kappa shape index (κ3) is 5.09. The van der Waals surface area contributed by atoms with Gasteiger partial charge in [0.05, 0.1) is 39.0 Å². The number of hydrogen-bond acceptors (Lipinski definition) is 2. The van der Waals surface area contributed by atoms with E-state index in [9.17, 15) is 0 Å². The Hall–Kier alpha value is -7.82. The van der Waals surface area contributed by atoms with Crippen LogP contribution in [0.5, 0.6) is 0 Å². The predicted molar refractivity (Wildman–Crippen MR) is 242 cm³/mol. The fraction of sp³-hybridized carbons (Fsp3) is 0. The van der Waals surface area contributed by atoms with Gasteiger partial charge in [0.15, 0.2) is 0 Å². The first-order valence-electron chi connectivity index (χ1n) is 19.7. The van der Waals surface area contributed by atoms with Crippen LogP contribution in [-0.4, -0.2) is 18.9 Å². The minimum Gasteiger partial charge on any atom is -0.309 e. The van der Waals surface area contributed by atoms with Crippen LogP contribution >= 0.6 is 0 Å². The van der Waals surface area contributed by atoms with Gasteiger partial charge in [-0.25, -0.2) is 9.97 Å². The predicted octanol–water partition coefficient (Wildman–Crippen LogP) is 14.0. The van der Waals surface area contributed by atoms with E-state index in [0.717, 1.165) is 39.1 Å². The summed E-state index contributed by atoms with van der Waals surface area (Å²) in [6.45, 7) is 0. The number of benzene rings is 8. The van der Waals surface area contributed by atoms with Crippen molar-refractivity contribution in [3.8, 4) is 50.7 Å². The Bertz CT molecular complexity index is 3420. The molecule has 0 aliphatic rings. The van der Waals surface area contributed by atoms with Crippen LogP contribution in [0.4, 0.5) is 0 Å². The van der Waals surface area contributed by atoms with Crippen molar-refractivity contribution in [3.05, 3.63) is 206 Å². The molecule has 0 N–H and O–H groups in total. The molecule has 58 heavy (non-hydrogen) atoms. The van der Waals surface area contributed by atoms with Gasteiger partial charge in [0.25, 0.3) is 0 Å². The van der Waals surface area contributed by atoms with Crippen LogP contribution in [0.15, 0.2) is 206 Å². The molecule has 270 valence electrons. The van der Waals surface area contributed by atoms with E-state index in [0.29, 0.717) is 5.95 Å². The minimum absolute atomic E-state index is 0.633. The Kier molecular flexibility index (Phi) is 7.20. The summed E-state index contributed by atoms with van der Waals surface area (Å²) in [6, 6.07) is 73.8. The normalized spacial score (nSPS) is 11.8. The van der Waals surface area contributed by atoms with Gasteiger partial charge in [-0.05, 0) is 64.0 Å². The van der Waals surface area contributed by atoms with Crippen molar-refractivity contribution in [1.82, 2.24) is 18.9 Å². The second-order valence-corrected chi connectivity index (χ2v) is 15.0. The van der Waals surface area contributed by atoms with E-state index in [2.05, 4.69) is 215 Å². The first-order valence-corrected chi connectivity index (χ1v) is 19.7. The Balaban J connectivity index is 1.11. The van der Waals surface area contributed by atoms with Crippen LogP contribution in [0.1, 0.15) is 0 Å². The van der Waals surface area contributed by atoms with Gasteiger partial charge in [-0.1, -0.05) is 170 Å². The third-order valence-corrected chi connectivity index (χ3v) is 11.7. The van der Waals surface area contributed by atoms with E-state index in [-0.39, 0.29) is 0 Å². The van der Waals surface area contributed by atoms with Gasteiger partial charge < -0.3 is 4.40 Å². The van der Waals surface area contributed by atoms with E-state index in [4.69, 9.17) is 9.97 Å². The summed E-state index contributed by atoms with van der Waals surface area (Å²) >= 11 is 0. The zero-order valence-corrected chi connectivity index (χ0v) is 31.4. The van der Waals surface area contributed by atoms with E-state index >= 15 is 0 Å². The Morgan fingerprint density at radius 3 is 1.31 bits per heavy atom. The number of aromatic nitrogens is 4. The molecule has 0 aliphatic carbocycles. The number of para-hydroxylation sites is 2. The summed E-state index contributed by atoms with van der Waals surface area (Å²) in [6.07, 6.45) is 0. The highest BCUT2D eigenvalue weighted by Crippen LogP contribution is 2.39. The highest BCUT2D eigenvalue weighted by atomic mass is 15.2. The van der Waals surface area contributed by atoms with Crippen molar-refractivity contribution in [2.24, 2.45) is 0 Å². The standard InChI is InChI=1S/C54H34N4/c1-3-13-35(14-4-1)37-23-27-39(28-24-37)47-33-48(40-29-25-38(26-30-40)36-15-5-2-6-16-36)56-54(55-47)58-50-22-12-10-20-45(50)46-31-41-32-52-44-19-8-7-17-42(44)43-18-9-11-21-49(43)57(52)51(41)34-53(46)58/h1-34H. The van der Waals surface area contributed by atoms with Gasteiger partial charge in [-0.3, -0.25) is 4.57 Å². The fourth-order valence-corrected chi connectivity index (χ4v) is 8.94. The molecule has 4 nitrogen and oxygen atoms in total. The SMILES string of the molecule is c1ccc(-c2ccc(-c3cc(-c4ccc(-c5ccccc5)cc4)nc(-n4c5ccccc5c5cc6cc7c8ccccc8c8ccccc8n7c6cc54)n3)cc2)cc1. The van der Waals surface area contributed by atoms with Gasteiger partial charge in [-0.15, -0.1) is 0 Å². The van der Waals surface area contributed by atoms with Crippen molar-refractivity contribution < 1.29 is 0 Å². The monoisotopic (exact) mass is 738 g/mol. The van der Waals surface area contributed by atoms with E-state index in [1.165, 1.54) is 65.6 Å². The number of rotatable bonds is 5. The van der Waals surface area contributed by atoms with E-state index < -0.39 is 0 Å². The highest BCUT2D eigenvalue weighted by Gasteiger charge is 2.20. The van der Waals surface area contributed by atoms with E-state index in [1.807, 2.05) is 0 Å². The molecule has 0 radical (unpaired) electrons. The molecule has 4 heterocycles. The third-order valence-electron chi connectivity index (χ3n) is 11.7. The van der Waals surface area contributed by atoms with Gasteiger partial charge in [0, 0.05) is 38.1 Å². The molecule has 4 aromatic heterocycles. The molecule has 12 rings (SSSR count). The van der Waals surface area contributed by atoms with Crippen LogP contribution in [0.2, 0.25) is 0 Å². The summed E-state index contributed by atoms with van der Waals surface area (Å²) in [4.78, 5) is 10.8. The lowest BCUT2D eigenvalue weighted by Crippen LogP contribution is -2.04. The molecule has 0 fully saturated rings. The summed E-state index contributed by atoms with van der Waals surface area (Å²) in [5, 5.41) is 7.28. The maximum atomic E-state index is 5.41. The number of nitrogens with zero attached hydrogens (tertiary/aromatic N) is 4. The Labute approximate surface area is 334 Å². The first-order chi connectivity index (χ1) is 28.7. The van der Waals surface area contributed by atoms with Gasteiger partial charge >= 0.3 is 0 Å². The van der Waals surface area contributed by atoms with Crippen LogP contribution in [0.25, 0.3) is 111 Å². The molecule has 0 spiro atoms. The van der Waals surface area contributed by atoms with Crippen molar-refractivity contribution in [1.29, 1.82) is 0 Å². The lowest BCUT2D eigenvalue weighted by molar-refractivity contribution is 0.996. The van der Waals surface area contributed by atoms with Crippen LogP contribution in [0, 0.1) is 0 Å². The van der Waals surface area contributed by atoms with Crippen LogP contribution in [0.3, 0.4) is 0 Å². The van der Waals surface area contributed by atoms with Gasteiger partial charge in [0.1, 0.15) is 0 Å². The zero-order chi connectivity index (χ0) is 38.2. The van der Waals surface area contributed by atoms with Crippen molar-refractivity contribution in [3.63, 3.8) is 0 Å². The van der Waals surface area contributed by atoms with Crippen molar-refractivity contribution in [2.75, 3.05) is 0 Å². The Morgan fingerprint density at radius 1 is 0.276 bits per heavy atom. The molecule has 8 aromatic carbocycles. The first kappa shape index (κ1) is 32.4. The molecule has 4 heteroatoms.